The van der Waals surface area contributed by atoms with Crippen molar-refractivity contribution in [2.45, 2.75) is 65.6 Å². The van der Waals surface area contributed by atoms with Gasteiger partial charge in [0.15, 0.2) is 6.10 Å². The fraction of sp³-hybridized carbons (Fsp3) is 0.786. The van der Waals surface area contributed by atoms with Gasteiger partial charge in [0, 0.05) is 18.8 Å². The average Bonchev–Trinajstić information content (AvgIpc) is 2.40. The number of esters is 1. The van der Waals surface area contributed by atoms with Crippen LogP contribution in [0.15, 0.2) is 11.8 Å². The molecule has 0 radical (unpaired) electrons. The van der Waals surface area contributed by atoms with Crippen molar-refractivity contribution in [2.75, 3.05) is 0 Å². The van der Waals surface area contributed by atoms with E-state index in [2.05, 4.69) is 26.2 Å². The Balaban J connectivity index is 2.79. The van der Waals surface area contributed by atoms with E-state index >= 15 is 0 Å². The Kier molecular flexibility index (Phi) is 3.85. The zero-order valence-corrected chi connectivity index (χ0v) is 13.7. The third kappa shape index (κ3) is 3.04. The van der Waals surface area contributed by atoms with E-state index in [9.17, 15) is 4.79 Å². The van der Waals surface area contributed by atoms with Gasteiger partial charge in [0.1, 0.15) is 0 Å². The summed E-state index contributed by atoms with van der Waals surface area (Å²) in [7, 11) is -1.43. The summed E-state index contributed by atoms with van der Waals surface area (Å²) in [6.07, 6.45) is 0.0914. The summed E-state index contributed by atoms with van der Waals surface area (Å²) in [5.74, 6) is -1.10. The number of carbonyl (C=O) groups excluding carboxylic acids is 1. The summed E-state index contributed by atoms with van der Waals surface area (Å²) in [4.78, 5) is 11.9. The Morgan fingerprint density at radius 3 is 2.22 bits per heavy atom. The molecule has 2 atom stereocenters. The normalized spacial score (nSPS) is 29.3. The van der Waals surface area contributed by atoms with Crippen molar-refractivity contribution in [3.05, 3.63) is 11.8 Å². The Bertz CT molecular complexity index is 362. The molecule has 0 N–H and O–H groups in total. The van der Waals surface area contributed by atoms with E-state index < -0.39 is 20.0 Å². The first-order valence-corrected chi connectivity index (χ1v) is 9.96. The molecule has 3 nitrogen and oxygen atoms in total. The third-order valence-electron chi connectivity index (χ3n) is 3.78. The predicted molar refractivity (Wildman–Crippen MR) is 75.9 cm³/mol. The molecule has 1 rings (SSSR count). The van der Waals surface area contributed by atoms with Gasteiger partial charge in [-0.25, -0.2) is 4.79 Å². The van der Waals surface area contributed by atoms with Crippen LogP contribution in [0.4, 0.5) is 0 Å². The second-order valence-corrected chi connectivity index (χ2v) is 12.5. The van der Waals surface area contributed by atoms with Gasteiger partial charge in [-0.15, -0.1) is 6.58 Å². The van der Waals surface area contributed by atoms with Gasteiger partial charge < -0.3 is 9.47 Å². The third-order valence-corrected chi connectivity index (χ3v) is 6.11. The van der Waals surface area contributed by atoms with E-state index in [4.69, 9.17) is 9.47 Å². The van der Waals surface area contributed by atoms with E-state index in [1.165, 1.54) is 0 Å². The number of ether oxygens (including phenoxy) is 2. The van der Waals surface area contributed by atoms with Gasteiger partial charge in [0.2, 0.25) is 5.79 Å². The lowest BCUT2D eigenvalue weighted by Crippen LogP contribution is -2.41. The first kappa shape index (κ1) is 15.4. The molecule has 1 fully saturated rings. The van der Waals surface area contributed by atoms with E-state index in [-0.39, 0.29) is 11.4 Å². The Morgan fingerprint density at radius 1 is 1.39 bits per heavy atom. The van der Waals surface area contributed by atoms with Crippen LogP contribution < -0.4 is 0 Å². The fourth-order valence-corrected chi connectivity index (χ4v) is 2.38. The molecule has 0 spiro atoms. The van der Waals surface area contributed by atoms with Crippen molar-refractivity contribution in [3.63, 3.8) is 0 Å². The Morgan fingerprint density at radius 2 is 1.89 bits per heavy atom. The van der Waals surface area contributed by atoms with E-state index in [0.717, 1.165) is 5.20 Å². The summed E-state index contributed by atoms with van der Waals surface area (Å²) in [5, 5.41) is 1.14. The first-order chi connectivity index (χ1) is 7.87. The number of cyclic esters (lactones) is 1. The molecule has 0 aliphatic carbocycles. The van der Waals surface area contributed by atoms with Gasteiger partial charge in [0.05, 0.1) is 8.07 Å². The molecule has 104 valence electrons. The monoisotopic (exact) mass is 270 g/mol. The topological polar surface area (TPSA) is 35.5 Å². The van der Waals surface area contributed by atoms with Crippen LogP contribution in [0.25, 0.3) is 0 Å². The maximum atomic E-state index is 11.9. The maximum Gasteiger partial charge on any atom is 0.338 e. The van der Waals surface area contributed by atoms with Crippen molar-refractivity contribution in [1.82, 2.24) is 0 Å². The van der Waals surface area contributed by atoms with E-state index in [1.807, 2.05) is 27.7 Å². The molecule has 0 aromatic heterocycles. The van der Waals surface area contributed by atoms with Crippen LogP contribution in [0.3, 0.4) is 0 Å². The van der Waals surface area contributed by atoms with E-state index in [0.29, 0.717) is 6.42 Å². The molecule has 1 aliphatic heterocycles. The summed E-state index contributed by atoms with van der Waals surface area (Å²) >= 11 is 0. The van der Waals surface area contributed by atoms with Gasteiger partial charge in [0.25, 0.3) is 0 Å². The lowest BCUT2D eigenvalue weighted by Gasteiger charge is -2.35. The largest absolute Gasteiger partial charge is 0.431 e. The standard InChI is InChI=1S/C14H26O3Si/c1-10(18(6,7)8)9-11-12(15)17-14(5,16-11)13(2,3)4/h11H,1,9H2,2-8H3/t11-,14+/m0/s1. The minimum atomic E-state index is -1.43. The highest BCUT2D eigenvalue weighted by Gasteiger charge is 2.52. The highest BCUT2D eigenvalue weighted by Crippen LogP contribution is 2.41. The van der Waals surface area contributed by atoms with Crippen molar-refractivity contribution in [2.24, 2.45) is 5.41 Å². The molecule has 4 heteroatoms. The second kappa shape index (κ2) is 4.49. The smallest absolute Gasteiger partial charge is 0.338 e. The molecular weight excluding hydrogens is 244 g/mol. The van der Waals surface area contributed by atoms with Crippen molar-refractivity contribution in [1.29, 1.82) is 0 Å². The molecule has 1 saturated heterocycles. The molecule has 0 aromatic carbocycles. The van der Waals surface area contributed by atoms with Gasteiger partial charge in [-0.3, -0.25) is 0 Å². The zero-order chi connectivity index (χ0) is 14.4. The SMILES string of the molecule is C=C(C[C@@H]1O[C@@](C)(C(C)(C)C)OC1=O)[Si](C)(C)C. The van der Waals surface area contributed by atoms with Crippen LogP contribution in [-0.2, 0) is 14.3 Å². The molecule has 0 unspecified atom stereocenters. The zero-order valence-electron chi connectivity index (χ0n) is 12.7. The number of hydrogen-bond acceptors (Lipinski definition) is 3. The van der Waals surface area contributed by atoms with Crippen molar-refractivity contribution in [3.8, 4) is 0 Å². The second-order valence-electron chi connectivity index (χ2n) is 7.28. The minimum Gasteiger partial charge on any atom is -0.431 e. The van der Waals surface area contributed by atoms with Crippen LogP contribution in [0, 0.1) is 5.41 Å². The number of hydrogen-bond donors (Lipinski definition) is 0. The fourth-order valence-electron chi connectivity index (χ4n) is 1.59. The first-order valence-electron chi connectivity index (χ1n) is 6.46. The molecule has 0 aromatic rings. The molecule has 1 aliphatic rings. The highest BCUT2D eigenvalue weighted by atomic mass is 28.3. The van der Waals surface area contributed by atoms with Crippen LogP contribution in [0.1, 0.15) is 34.1 Å². The molecule has 18 heavy (non-hydrogen) atoms. The van der Waals surface area contributed by atoms with Gasteiger partial charge in [-0.05, 0) is 0 Å². The maximum absolute atomic E-state index is 11.9. The van der Waals surface area contributed by atoms with Crippen molar-refractivity contribution >= 4 is 14.0 Å². The number of carbonyl (C=O) groups is 1. The lowest BCUT2D eigenvalue weighted by molar-refractivity contribution is -0.217. The van der Waals surface area contributed by atoms with Gasteiger partial charge >= 0.3 is 5.97 Å². The van der Waals surface area contributed by atoms with Crippen LogP contribution >= 0.6 is 0 Å². The van der Waals surface area contributed by atoms with E-state index in [1.54, 1.807) is 0 Å². The summed E-state index contributed by atoms with van der Waals surface area (Å²) in [5.41, 5.74) is -0.238. The Hall–Kier alpha value is -0.613. The summed E-state index contributed by atoms with van der Waals surface area (Å²) < 4.78 is 11.3. The quantitative estimate of drug-likeness (QED) is 0.581. The number of rotatable bonds is 3. The molecular formula is C14H26O3Si. The van der Waals surface area contributed by atoms with Crippen LogP contribution in [-0.4, -0.2) is 25.9 Å². The molecule has 0 amide bonds. The average molecular weight is 270 g/mol. The van der Waals surface area contributed by atoms with Crippen LogP contribution in [0.2, 0.25) is 19.6 Å². The van der Waals surface area contributed by atoms with Gasteiger partial charge in [-0.2, -0.15) is 0 Å². The van der Waals surface area contributed by atoms with Crippen molar-refractivity contribution < 1.29 is 14.3 Å². The predicted octanol–water partition coefficient (Wildman–Crippen LogP) is 3.51. The minimum absolute atomic E-state index is 0.238. The van der Waals surface area contributed by atoms with Crippen LogP contribution in [0.5, 0.6) is 0 Å². The summed E-state index contributed by atoms with van der Waals surface area (Å²) in [6, 6.07) is 0. The molecule has 0 bridgehead atoms. The molecule has 0 saturated carbocycles. The molecule has 1 heterocycles. The summed E-state index contributed by atoms with van der Waals surface area (Å²) in [6.45, 7) is 18.6. The Labute approximate surface area is 112 Å². The highest BCUT2D eigenvalue weighted by molar-refractivity contribution is 6.83. The van der Waals surface area contributed by atoms with Gasteiger partial charge in [-0.1, -0.05) is 45.6 Å². The lowest BCUT2D eigenvalue weighted by atomic mass is 9.87.